The first-order valence-electron chi connectivity index (χ1n) is 6.56. The lowest BCUT2D eigenvalue weighted by atomic mass is 10.1. The van der Waals surface area contributed by atoms with Crippen molar-refractivity contribution in [1.29, 1.82) is 0 Å². The number of carbonyl (C=O) groups excluding carboxylic acids is 1. The fourth-order valence-corrected chi connectivity index (χ4v) is 2.49. The van der Waals surface area contributed by atoms with Gasteiger partial charge in [0.15, 0.2) is 0 Å². The molecule has 0 radical (unpaired) electrons. The Morgan fingerprint density at radius 2 is 2.39 bits per heavy atom. The van der Waals surface area contributed by atoms with Crippen LogP contribution in [0.25, 0.3) is 0 Å². The molecule has 1 atom stereocenters. The highest BCUT2D eigenvalue weighted by molar-refractivity contribution is 5.79. The first-order valence-corrected chi connectivity index (χ1v) is 6.56. The predicted octanol–water partition coefficient (Wildman–Crippen LogP) is 1.14. The zero-order valence-electron chi connectivity index (χ0n) is 11.1. The molecule has 1 aliphatic heterocycles. The molecule has 0 aliphatic carbocycles. The second-order valence-electron chi connectivity index (χ2n) is 4.93. The van der Waals surface area contributed by atoms with Crippen molar-refractivity contribution in [3.05, 3.63) is 29.6 Å². The normalized spacial score (nSPS) is 19.2. The summed E-state index contributed by atoms with van der Waals surface area (Å²) in [6.07, 6.45) is 4.49. The average Bonchev–Trinajstić information content (AvgIpc) is 2.81. The van der Waals surface area contributed by atoms with Gasteiger partial charge in [-0.15, -0.1) is 0 Å². The largest absolute Gasteiger partial charge is 0.338 e. The molecule has 2 rings (SSSR count). The average molecular weight is 247 g/mol. The highest BCUT2D eigenvalue weighted by Gasteiger charge is 2.27. The molecule has 1 aliphatic rings. The van der Waals surface area contributed by atoms with Crippen LogP contribution < -0.4 is 5.32 Å². The molecule has 0 saturated carbocycles. The second kappa shape index (κ2) is 5.96. The van der Waals surface area contributed by atoms with E-state index in [4.69, 9.17) is 0 Å². The molecule has 1 amide bonds. The van der Waals surface area contributed by atoms with Crippen LogP contribution in [-0.4, -0.2) is 42.0 Å². The number of amides is 1. The lowest BCUT2D eigenvalue weighted by Gasteiger charge is -2.24. The summed E-state index contributed by atoms with van der Waals surface area (Å²) in [4.78, 5) is 18.5. The van der Waals surface area contributed by atoms with E-state index in [9.17, 15) is 4.79 Å². The van der Waals surface area contributed by atoms with Gasteiger partial charge in [0.05, 0.1) is 6.42 Å². The third kappa shape index (κ3) is 3.07. The van der Waals surface area contributed by atoms with Gasteiger partial charge < -0.3 is 10.2 Å². The Morgan fingerprint density at radius 1 is 1.56 bits per heavy atom. The lowest BCUT2D eigenvalue weighted by Crippen LogP contribution is -2.41. The monoisotopic (exact) mass is 247 g/mol. The Morgan fingerprint density at radius 3 is 3.06 bits per heavy atom. The van der Waals surface area contributed by atoms with Gasteiger partial charge in [-0.2, -0.15) is 0 Å². The topological polar surface area (TPSA) is 45.2 Å². The number of likely N-dealkylation sites (N-methyl/N-ethyl adjacent to an activating group) is 1. The second-order valence-corrected chi connectivity index (χ2v) is 4.93. The van der Waals surface area contributed by atoms with Gasteiger partial charge in [0.2, 0.25) is 5.91 Å². The number of rotatable bonds is 4. The molecule has 1 fully saturated rings. The standard InChI is InChI=1S/C14H21N3O/c1-11-5-6-12(9-16-11)8-14(18)17-7-3-4-13(17)10-15-2/h5-6,9,13,15H,3-4,7-8,10H2,1-2H3/t13-/m0/s1. The number of aryl methyl sites for hydroxylation is 1. The van der Waals surface area contributed by atoms with E-state index < -0.39 is 0 Å². The summed E-state index contributed by atoms with van der Waals surface area (Å²) < 4.78 is 0. The van der Waals surface area contributed by atoms with E-state index in [2.05, 4.69) is 10.3 Å². The van der Waals surface area contributed by atoms with Crippen molar-refractivity contribution in [3.8, 4) is 0 Å². The van der Waals surface area contributed by atoms with Crippen LogP contribution in [0.2, 0.25) is 0 Å². The van der Waals surface area contributed by atoms with Crippen molar-refractivity contribution < 1.29 is 4.79 Å². The zero-order valence-corrected chi connectivity index (χ0v) is 11.1. The summed E-state index contributed by atoms with van der Waals surface area (Å²) in [5.41, 5.74) is 1.99. The highest BCUT2D eigenvalue weighted by Crippen LogP contribution is 2.18. The van der Waals surface area contributed by atoms with Crippen molar-refractivity contribution in [2.24, 2.45) is 0 Å². The van der Waals surface area contributed by atoms with Crippen molar-refractivity contribution in [3.63, 3.8) is 0 Å². The van der Waals surface area contributed by atoms with Crippen LogP contribution in [0.3, 0.4) is 0 Å². The number of nitrogens with one attached hydrogen (secondary N) is 1. The molecule has 4 nitrogen and oxygen atoms in total. The highest BCUT2D eigenvalue weighted by atomic mass is 16.2. The van der Waals surface area contributed by atoms with Gasteiger partial charge in [0.25, 0.3) is 0 Å². The minimum absolute atomic E-state index is 0.221. The third-order valence-corrected chi connectivity index (χ3v) is 3.47. The van der Waals surface area contributed by atoms with Gasteiger partial charge in [-0.25, -0.2) is 0 Å². The molecular formula is C14H21N3O. The molecule has 2 heterocycles. The van der Waals surface area contributed by atoms with Gasteiger partial charge in [-0.1, -0.05) is 6.07 Å². The van der Waals surface area contributed by atoms with E-state index in [0.29, 0.717) is 12.5 Å². The van der Waals surface area contributed by atoms with E-state index in [1.165, 1.54) is 0 Å². The summed E-state index contributed by atoms with van der Waals surface area (Å²) >= 11 is 0. The number of likely N-dealkylation sites (tertiary alicyclic amines) is 1. The molecule has 0 bridgehead atoms. The number of hydrogen-bond donors (Lipinski definition) is 1. The van der Waals surface area contributed by atoms with E-state index in [0.717, 1.165) is 37.2 Å². The summed E-state index contributed by atoms with van der Waals surface area (Å²) in [6.45, 7) is 3.73. The lowest BCUT2D eigenvalue weighted by molar-refractivity contribution is -0.131. The van der Waals surface area contributed by atoms with Crippen LogP contribution in [0.5, 0.6) is 0 Å². The SMILES string of the molecule is CNC[C@@H]1CCCN1C(=O)Cc1ccc(C)nc1. The number of hydrogen-bond acceptors (Lipinski definition) is 3. The smallest absolute Gasteiger partial charge is 0.227 e. The summed E-state index contributed by atoms with van der Waals surface area (Å²) in [7, 11) is 1.94. The Hall–Kier alpha value is -1.42. The molecule has 1 N–H and O–H groups in total. The van der Waals surface area contributed by atoms with Gasteiger partial charge in [0, 0.05) is 31.0 Å². The minimum Gasteiger partial charge on any atom is -0.338 e. The molecule has 1 saturated heterocycles. The molecule has 18 heavy (non-hydrogen) atoms. The zero-order chi connectivity index (χ0) is 13.0. The molecule has 4 heteroatoms. The fourth-order valence-electron chi connectivity index (χ4n) is 2.49. The quantitative estimate of drug-likeness (QED) is 0.868. The fraction of sp³-hybridized carbons (Fsp3) is 0.571. The number of carbonyl (C=O) groups is 1. The molecular weight excluding hydrogens is 226 g/mol. The van der Waals surface area contributed by atoms with Crippen LogP contribution in [0, 0.1) is 6.92 Å². The van der Waals surface area contributed by atoms with Crippen LogP contribution in [-0.2, 0) is 11.2 Å². The van der Waals surface area contributed by atoms with E-state index in [1.807, 2.05) is 31.0 Å². The molecule has 0 aromatic carbocycles. The van der Waals surface area contributed by atoms with Gasteiger partial charge >= 0.3 is 0 Å². The van der Waals surface area contributed by atoms with E-state index in [-0.39, 0.29) is 5.91 Å². The van der Waals surface area contributed by atoms with Crippen LogP contribution in [0.15, 0.2) is 18.3 Å². The molecule has 0 spiro atoms. The summed E-state index contributed by atoms with van der Waals surface area (Å²) in [5, 5.41) is 3.16. The van der Waals surface area contributed by atoms with Gasteiger partial charge in [-0.05, 0) is 38.4 Å². The first kappa shape index (κ1) is 13.0. The Balaban J connectivity index is 1.96. The van der Waals surface area contributed by atoms with Crippen molar-refractivity contribution in [2.45, 2.75) is 32.2 Å². The van der Waals surface area contributed by atoms with E-state index in [1.54, 1.807) is 6.20 Å². The maximum absolute atomic E-state index is 12.3. The first-order chi connectivity index (χ1) is 8.70. The van der Waals surface area contributed by atoms with Crippen molar-refractivity contribution >= 4 is 5.91 Å². The van der Waals surface area contributed by atoms with Crippen LogP contribution in [0.1, 0.15) is 24.1 Å². The van der Waals surface area contributed by atoms with Gasteiger partial charge in [0.1, 0.15) is 0 Å². The van der Waals surface area contributed by atoms with Crippen LogP contribution >= 0.6 is 0 Å². The molecule has 1 aromatic rings. The minimum atomic E-state index is 0.221. The summed E-state index contributed by atoms with van der Waals surface area (Å²) in [6, 6.07) is 4.31. The summed E-state index contributed by atoms with van der Waals surface area (Å²) in [5.74, 6) is 0.221. The number of pyridine rings is 1. The third-order valence-electron chi connectivity index (χ3n) is 3.47. The van der Waals surface area contributed by atoms with Crippen molar-refractivity contribution in [1.82, 2.24) is 15.2 Å². The Bertz CT molecular complexity index is 402. The molecule has 98 valence electrons. The molecule has 0 unspecified atom stereocenters. The van der Waals surface area contributed by atoms with Crippen molar-refractivity contribution in [2.75, 3.05) is 20.1 Å². The number of aromatic nitrogens is 1. The Kier molecular flexibility index (Phi) is 4.31. The number of nitrogens with zero attached hydrogens (tertiary/aromatic N) is 2. The maximum Gasteiger partial charge on any atom is 0.227 e. The molecule has 1 aromatic heterocycles. The Labute approximate surface area is 108 Å². The van der Waals surface area contributed by atoms with Gasteiger partial charge in [-0.3, -0.25) is 9.78 Å². The van der Waals surface area contributed by atoms with Crippen LogP contribution in [0.4, 0.5) is 0 Å². The van der Waals surface area contributed by atoms with E-state index >= 15 is 0 Å². The maximum atomic E-state index is 12.3. The predicted molar refractivity (Wildman–Crippen MR) is 71.3 cm³/mol.